The van der Waals surface area contributed by atoms with Gasteiger partial charge in [0, 0.05) is 23.9 Å². The van der Waals surface area contributed by atoms with Crippen LogP contribution in [0.5, 0.6) is 0 Å². The molecule has 5 aromatic rings. The quantitative estimate of drug-likeness (QED) is 0.0730. The third-order valence-corrected chi connectivity index (χ3v) is 11.3. The van der Waals surface area contributed by atoms with Crippen LogP contribution in [0.2, 0.25) is 0 Å². The summed E-state index contributed by atoms with van der Waals surface area (Å²) in [5, 5.41) is 5.41. The van der Waals surface area contributed by atoms with E-state index in [0.717, 1.165) is 70.7 Å². The molecule has 304 valence electrons. The van der Waals surface area contributed by atoms with Crippen LogP contribution in [0.25, 0.3) is 33.6 Å². The number of nitrogens with one attached hydrogen (secondary N) is 4. The highest BCUT2D eigenvalue weighted by atomic mass is 16.5. The molecule has 3 aromatic carbocycles. The number of aromatic amines is 2. The molecule has 13 nitrogen and oxygen atoms in total. The van der Waals surface area contributed by atoms with Gasteiger partial charge >= 0.3 is 12.2 Å². The van der Waals surface area contributed by atoms with E-state index in [9.17, 15) is 19.2 Å². The van der Waals surface area contributed by atoms with Crippen LogP contribution in [-0.4, -0.2) is 75.5 Å². The Hall–Kier alpha value is -6.68. The number of amides is 3. The zero-order valence-corrected chi connectivity index (χ0v) is 33.7. The van der Waals surface area contributed by atoms with Crippen molar-refractivity contribution in [3.8, 4) is 33.6 Å². The second-order valence-corrected chi connectivity index (χ2v) is 15.4. The first-order valence-electron chi connectivity index (χ1n) is 20.0. The number of benzene rings is 2. The highest BCUT2D eigenvalue weighted by Gasteiger charge is 2.36. The average Bonchev–Trinajstić information content (AvgIpc) is 4.04. The van der Waals surface area contributed by atoms with Gasteiger partial charge in [0.1, 0.15) is 29.8 Å². The number of Topliss-reactive ketones (excluding diaryl/α,β-unsaturated/α-hetero) is 1. The van der Waals surface area contributed by atoms with Crippen molar-refractivity contribution < 1.29 is 28.7 Å². The summed E-state index contributed by atoms with van der Waals surface area (Å²) in [4.78, 5) is 69.3. The molecule has 13 heteroatoms. The number of imidazole rings is 2. The Morgan fingerprint density at radius 3 is 2.14 bits per heavy atom. The Labute approximate surface area is 344 Å². The van der Waals surface area contributed by atoms with Crippen molar-refractivity contribution in [2.24, 2.45) is 11.8 Å². The van der Waals surface area contributed by atoms with Crippen LogP contribution in [0, 0.1) is 24.0 Å². The number of H-pyrrole nitrogens is 2. The number of ether oxygens (including phenoxy) is 2. The molecule has 59 heavy (non-hydrogen) atoms. The van der Waals surface area contributed by atoms with Crippen molar-refractivity contribution >= 4 is 23.9 Å². The van der Waals surface area contributed by atoms with E-state index in [4.69, 9.17) is 14.5 Å². The maximum Gasteiger partial charge on any atom is 0.407 e. The smallest absolute Gasteiger partial charge is 0.407 e. The van der Waals surface area contributed by atoms with Crippen LogP contribution in [0.15, 0.2) is 91.3 Å². The zero-order chi connectivity index (χ0) is 41.5. The number of carbonyl (C=O) groups excluding carboxylic acids is 4. The largest absolute Gasteiger partial charge is 0.453 e. The minimum atomic E-state index is -0.754. The Morgan fingerprint density at radius 2 is 1.42 bits per heavy atom. The third kappa shape index (κ3) is 9.23. The molecule has 0 spiro atoms. The van der Waals surface area contributed by atoms with Gasteiger partial charge in [-0.15, -0.1) is 0 Å². The molecule has 0 radical (unpaired) electrons. The lowest BCUT2D eigenvalue weighted by Crippen LogP contribution is -2.51. The number of alkyl carbamates (subject to hydrolysis) is 2. The normalized spacial score (nSPS) is 18.7. The van der Waals surface area contributed by atoms with Gasteiger partial charge in [0.15, 0.2) is 5.78 Å². The number of carbonyl (C=O) groups is 4. The topological polar surface area (TPSA) is 171 Å². The van der Waals surface area contributed by atoms with Gasteiger partial charge in [-0.1, -0.05) is 99.2 Å². The molecule has 5 atom stereocenters. The molecule has 2 aliphatic rings. The highest BCUT2D eigenvalue weighted by Crippen LogP contribution is 2.36. The minimum absolute atomic E-state index is 0.00826. The third-order valence-electron chi connectivity index (χ3n) is 11.3. The average molecular weight is 796 g/mol. The molecule has 2 aromatic heterocycles. The molecule has 7 rings (SSSR count). The Morgan fingerprint density at radius 1 is 0.763 bits per heavy atom. The summed E-state index contributed by atoms with van der Waals surface area (Å²) in [7, 11) is 2.57. The molecule has 0 bridgehead atoms. The van der Waals surface area contributed by atoms with E-state index < -0.39 is 30.3 Å². The molecule has 3 unspecified atom stereocenters. The number of aromatic nitrogens is 4. The molecule has 1 fully saturated rings. The van der Waals surface area contributed by atoms with Gasteiger partial charge in [-0.05, 0) is 60.4 Å². The van der Waals surface area contributed by atoms with Crippen LogP contribution in [-0.2, 0) is 19.1 Å². The van der Waals surface area contributed by atoms with Gasteiger partial charge in [0.2, 0.25) is 5.91 Å². The summed E-state index contributed by atoms with van der Waals surface area (Å²) >= 11 is 0. The van der Waals surface area contributed by atoms with Crippen LogP contribution in [0.3, 0.4) is 0 Å². The van der Waals surface area contributed by atoms with Gasteiger partial charge in [0.05, 0.1) is 43.6 Å². The molecule has 3 heterocycles. The lowest BCUT2D eigenvalue weighted by atomic mass is 9.87. The summed E-state index contributed by atoms with van der Waals surface area (Å²) in [6.07, 6.45) is 10.2. The van der Waals surface area contributed by atoms with Gasteiger partial charge in [0.25, 0.3) is 0 Å². The van der Waals surface area contributed by atoms with Crippen molar-refractivity contribution in [1.29, 1.82) is 0 Å². The molecule has 0 saturated heterocycles. The van der Waals surface area contributed by atoms with E-state index >= 15 is 0 Å². The Balaban J connectivity index is 0.966. The molecule has 4 N–H and O–H groups in total. The SMILES string of the molecule is COC(=O)NC(C(=O)C1CCC[C@@H](c2ncc(-c3ccc(-c4c#cc(-c5cnc(C6C=CCN6C(=O)[C@@H](NC(=O)OC)C(C)C)[nH]5)cc4)cc3)[nH]2)CC1)c1ccccc1. The lowest BCUT2D eigenvalue weighted by molar-refractivity contribution is -0.135. The molecular weight excluding hydrogens is 747 g/mol. The zero-order valence-electron chi connectivity index (χ0n) is 33.7. The Bertz CT molecular complexity index is 2260. The monoisotopic (exact) mass is 795 g/mol. The van der Waals surface area contributed by atoms with Crippen molar-refractivity contribution in [2.75, 3.05) is 20.8 Å². The first-order valence-corrected chi connectivity index (χ1v) is 20.0. The van der Waals surface area contributed by atoms with E-state index in [1.54, 1.807) is 11.1 Å². The van der Waals surface area contributed by atoms with Crippen molar-refractivity contribution in [2.45, 2.75) is 70.0 Å². The number of rotatable bonds is 12. The summed E-state index contributed by atoms with van der Waals surface area (Å²) < 4.78 is 9.56. The Kier molecular flexibility index (Phi) is 12.6. The van der Waals surface area contributed by atoms with Crippen molar-refractivity contribution in [3.05, 3.63) is 121 Å². The van der Waals surface area contributed by atoms with Crippen LogP contribution < -0.4 is 10.6 Å². The summed E-state index contributed by atoms with van der Waals surface area (Å²) in [6, 6.07) is 26.1. The number of ketones is 1. The lowest BCUT2D eigenvalue weighted by Gasteiger charge is -2.29. The first-order chi connectivity index (χ1) is 28.6. The van der Waals surface area contributed by atoms with Gasteiger partial charge in [-0.3, -0.25) is 9.59 Å². The van der Waals surface area contributed by atoms with Crippen LogP contribution >= 0.6 is 0 Å². The molecule has 1 aliphatic heterocycles. The van der Waals surface area contributed by atoms with Gasteiger partial charge in [-0.25, -0.2) is 19.6 Å². The van der Waals surface area contributed by atoms with Crippen molar-refractivity contribution in [1.82, 2.24) is 35.5 Å². The fourth-order valence-corrected chi connectivity index (χ4v) is 7.96. The van der Waals surface area contributed by atoms with E-state index in [2.05, 4.69) is 49.9 Å². The van der Waals surface area contributed by atoms with Crippen LogP contribution in [0.1, 0.15) is 81.2 Å². The van der Waals surface area contributed by atoms with Crippen LogP contribution in [0.4, 0.5) is 9.59 Å². The number of hydrogen-bond acceptors (Lipinski definition) is 8. The second kappa shape index (κ2) is 18.3. The molecule has 1 aliphatic carbocycles. The fraction of sp³-hybridized carbons (Fsp3) is 0.348. The highest BCUT2D eigenvalue weighted by molar-refractivity contribution is 5.90. The van der Waals surface area contributed by atoms with E-state index in [1.807, 2.05) is 86.8 Å². The standard InChI is InChI=1S/C46H49N7O6/c1-28(2)39(51-45(56)58-3)44(55)53-25-9-14-38(53)43-48-27-37(50-43)32-21-17-30(18-22-32)29-15-19-31(20-16-29)36-26-47-42(49-36)35-13-8-12-34(23-24-35)41(54)40(52-46(57)59-4)33-10-6-5-7-11-33/h5-7,9-11,14-17,19-21,26-28,34-35,38-40H,8,12-13,23-25H2,1-4H3,(H,47,49)(H,48,50)(H,51,56)(H,52,57)/t34?,35-,38?,39+,40?/m1/s1. The summed E-state index contributed by atoms with van der Waals surface area (Å²) in [5.41, 5.74) is 6.08. The number of nitrogens with zero attached hydrogens (tertiary/aromatic N) is 3. The second-order valence-electron chi connectivity index (χ2n) is 15.4. The molecular formula is C46H49N7O6. The summed E-state index contributed by atoms with van der Waals surface area (Å²) in [5.74, 6) is 1.21. The predicted molar refractivity (Wildman–Crippen MR) is 222 cm³/mol. The molecule has 1 saturated carbocycles. The van der Waals surface area contributed by atoms with Gasteiger partial charge in [-0.2, -0.15) is 0 Å². The maximum absolute atomic E-state index is 13.8. The summed E-state index contributed by atoms with van der Waals surface area (Å²) in [6.45, 7) is 4.15. The maximum atomic E-state index is 13.8. The first kappa shape index (κ1) is 40.5. The van der Waals surface area contributed by atoms with Crippen molar-refractivity contribution in [3.63, 3.8) is 0 Å². The predicted octanol–water partition coefficient (Wildman–Crippen LogP) is 7.88. The molecule has 3 amide bonds. The van der Waals surface area contributed by atoms with E-state index in [1.165, 1.54) is 14.2 Å². The number of hydrogen-bond donors (Lipinski definition) is 4. The van der Waals surface area contributed by atoms with Gasteiger partial charge < -0.3 is 35.0 Å². The number of methoxy groups -OCH3 is 2. The fourth-order valence-electron chi connectivity index (χ4n) is 7.96. The van der Waals surface area contributed by atoms with E-state index in [0.29, 0.717) is 18.8 Å². The minimum Gasteiger partial charge on any atom is -0.453 e. The van der Waals surface area contributed by atoms with E-state index in [-0.39, 0.29) is 29.4 Å².